The molecular formula is C14H24N4O. The Morgan fingerprint density at radius 3 is 2.42 bits per heavy atom. The third-order valence-corrected chi connectivity index (χ3v) is 2.73. The smallest absolute Gasteiger partial charge is 0.191 e. The summed E-state index contributed by atoms with van der Waals surface area (Å²) in [6.07, 6.45) is 0. The summed E-state index contributed by atoms with van der Waals surface area (Å²) in [7, 11) is 7.52. The van der Waals surface area contributed by atoms with E-state index in [0.29, 0.717) is 6.61 Å². The van der Waals surface area contributed by atoms with Crippen molar-refractivity contribution in [1.29, 1.82) is 0 Å². The lowest BCUT2D eigenvalue weighted by Crippen LogP contribution is -2.38. The number of benzene rings is 1. The molecule has 0 aromatic heterocycles. The number of nitrogens with one attached hydrogen (secondary N) is 2. The van der Waals surface area contributed by atoms with E-state index in [-0.39, 0.29) is 0 Å². The summed E-state index contributed by atoms with van der Waals surface area (Å²) in [5.41, 5.74) is 2.42. The van der Waals surface area contributed by atoms with Crippen LogP contribution >= 0.6 is 0 Å². The average Bonchev–Trinajstić information content (AvgIpc) is 2.43. The van der Waals surface area contributed by atoms with E-state index in [1.165, 1.54) is 11.3 Å². The van der Waals surface area contributed by atoms with Crippen molar-refractivity contribution in [2.45, 2.75) is 6.54 Å². The molecule has 0 saturated heterocycles. The molecule has 1 aromatic carbocycles. The average molecular weight is 264 g/mol. The van der Waals surface area contributed by atoms with Gasteiger partial charge in [0.15, 0.2) is 5.96 Å². The maximum Gasteiger partial charge on any atom is 0.191 e. The van der Waals surface area contributed by atoms with E-state index >= 15 is 0 Å². The van der Waals surface area contributed by atoms with Gasteiger partial charge in [-0.3, -0.25) is 4.99 Å². The van der Waals surface area contributed by atoms with Crippen LogP contribution in [0.15, 0.2) is 29.3 Å². The third-order valence-electron chi connectivity index (χ3n) is 2.73. The molecule has 0 saturated carbocycles. The number of nitrogens with zero attached hydrogens (tertiary/aromatic N) is 2. The van der Waals surface area contributed by atoms with Crippen LogP contribution in [0.5, 0.6) is 0 Å². The molecule has 19 heavy (non-hydrogen) atoms. The zero-order valence-electron chi connectivity index (χ0n) is 12.2. The maximum absolute atomic E-state index is 4.99. The number of aliphatic imine (C=N–C) groups is 1. The lowest BCUT2D eigenvalue weighted by molar-refractivity contribution is 0.203. The SMILES string of the molecule is CN=C(NCCOC)NCc1ccc(N(C)C)cc1. The molecular weight excluding hydrogens is 240 g/mol. The molecule has 0 atom stereocenters. The monoisotopic (exact) mass is 264 g/mol. The van der Waals surface area contributed by atoms with Crippen molar-refractivity contribution in [2.75, 3.05) is 46.3 Å². The van der Waals surface area contributed by atoms with Crippen LogP contribution in [0.4, 0.5) is 5.69 Å². The number of hydrogen-bond donors (Lipinski definition) is 2. The molecule has 1 rings (SSSR count). The van der Waals surface area contributed by atoms with E-state index in [9.17, 15) is 0 Å². The van der Waals surface area contributed by atoms with Crippen LogP contribution in [-0.2, 0) is 11.3 Å². The van der Waals surface area contributed by atoms with Gasteiger partial charge in [-0.1, -0.05) is 12.1 Å². The molecule has 1 aromatic rings. The van der Waals surface area contributed by atoms with Gasteiger partial charge in [-0.25, -0.2) is 0 Å². The number of ether oxygens (including phenoxy) is 1. The molecule has 0 aliphatic heterocycles. The van der Waals surface area contributed by atoms with Gasteiger partial charge >= 0.3 is 0 Å². The molecule has 0 aliphatic rings. The molecule has 0 bridgehead atoms. The summed E-state index contributed by atoms with van der Waals surface area (Å²) < 4.78 is 4.99. The summed E-state index contributed by atoms with van der Waals surface area (Å²) in [5, 5.41) is 6.44. The fourth-order valence-corrected chi connectivity index (χ4v) is 1.59. The van der Waals surface area contributed by atoms with Crippen LogP contribution in [0.2, 0.25) is 0 Å². The zero-order valence-corrected chi connectivity index (χ0v) is 12.2. The summed E-state index contributed by atoms with van der Waals surface area (Å²) >= 11 is 0. The van der Waals surface area contributed by atoms with Gasteiger partial charge in [-0.15, -0.1) is 0 Å². The normalized spacial score (nSPS) is 11.3. The fourth-order valence-electron chi connectivity index (χ4n) is 1.59. The molecule has 0 heterocycles. The number of anilines is 1. The molecule has 106 valence electrons. The Bertz CT molecular complexity index is 387. The second-order valence-electron chi connectivity index (χ2n) is 4.41. The van der Waals surface area contributed by atoms with Crippen LogP contribution in [0, 0.1) is 0 Å². The van der Waals surface area contributed by atoms with Crippen molar-refractivity contribution in [1.82, 2.24) is 10.6 Å². The van der Waals surface area contributed by atoms with E-state index in [1.807, 2.05) is 14.1 Å². The van der Waals surface area contributed by atoms with Gasteiger partial charge < -0.3 is 20.3 Å². The Balaban J connectivity index is 2.42. The van der Waals surface area contributed by atoms with Crippen molar-refractivity contribution in [3.05, 3.63) is 29.8 Å². The van der Waals surface area contributed by atoms with E-state index < -0.39 is 0 Å². The predicted molar refractivity (Wildman–Crippen MR) is 80.8 cm³/mol. The summed E-state index contributed by atoms with van der Waals surface area (Å²) in [6.45, 7) is 2.16. The van der Waals surface area contributed by atoms with E-state index in [4.69, 9.17) is 4.74 Å². The Labute approximate surface area is 115 Å². The van der Waals surface area contributed by atoms with Gasteiger partial charge in [0.2, 0.25) is 0 Å². The van der Waals surface area contributed by atoms with Crippen LogP contribution in [0.3, 0.4) is 0 Å². The standard InChI is InChI=1S/C14H24N4O/c1-15-14(16-9-10-19-4)17-11-12-5-7-13(8-6-12)18(2)3/h5-8H,9-11H2,1-4H3,(H2,15,16,17). The Morgan fingerprint density at radius 1 is 1.21 bits per heavy atom. The Morgan fingerprint density at radius 2 is 1.89 bits per heavy atom. The van der Waals surface area contributed by atoms with Gasteiger partial charge in [-0.05, 0) is 17.7 Å². The number of methoxy groups -OCH3 is 1. The molecule has 5 nitrogen and oxygen atoms in total. The minimum atomic E-state index is 0.665. The molecule has 0 amide bonds. The zero-order chi connectivity index (χ0) is 14.1. The van der Waals surface area contributed by atoms with E-state index in [2.05, 4.69) is 44.8 Å². The number of rotatable bonds is 6. The van der Waals surface area contributed by atoms with Crippen molar-refractivity contribution < 1.29 is 4.74 Å². The van der Waals surface area contributed by atoms with Gasteiger partial charge in [-0.2, -0.15) is 0 Å². The van der Waals surface area contributed by atoms with Crippen LogP contribution in [0.1, 0.15) is 5.56 Å². The topological polar surface area (TPSA) is 48.9 Å². The molecule has 5 heteroatoms. The second-order valence-corrected chi connectivity index (χ2v) is 4.41. The van der Waals surface area contributed by atoms with Crippen LogP contribution in [0.25, 0.3) is 0 Å². The van der Waals surface area contributed by atoms with Crippen molar-refractivity contribution in [3.8, 4) is 0 Å². The fraction of sp³-hybridized carbons (Fsp3) is 0.500. The first-order valence-corrected chi connectivity index (χ1v) is 6.37. The summed E-state index contributed by atoms with van der Waals surface area (Å²) in [6, 6.07) is 8.45. The largest absolute Gasteiger partial charge is 0.383 e. The lowest BCUT2D eigenvalue weighted by Gasteiger charge is -2.14. The van der Waals surface area contributed by atoms with Crippen molar-refractivity contribution in [3.63, 3.8) is 0 Å². The second kappa shape index (κ2) is 8.37. The van der Waals surface area contributed by atoms with Gasteiger partial charge in [0.05, 0.1) is 6.61 Å². The predicted octanol–water partition coefficient (Wildman–Crippen LogP) is 1.06. The van der Waals surface area contributed by atoms with Gasteiger partial charge in [0.1, 0.15) is 0 Å². The molecule has 0 radical (unpaired) electrons. The molecule has 0 spiro atoms. The molecule has 0 aliphatic carbocycles. The third kappa shape index (κ3) is 5.61. The highest BCUT2D eigenvalue weighted by atomic mass is 16.5. The highest BCUT2D eigenvalue weighted by Crippen LogP contribution is 2.11. The number of hydrogen-bond acceptors (Lipinski definition) is 3. The summed E-state index contributed by atoms with van der Waals surface area (Å²) in [5.74, 6) is 0.786. The first-order valence-electron chi connectivity index (χ1n) is 6.37. The Kier molecular flexibility index (Phi) is 6.74. The highest BCUT2D eigenvalue weighted by molar-refractivity contribution is 5.79. The molecule has 0 unspecified atom stereocenters. The quantitative estimate of drug-likeness (QED) is 0.458. The Hall–Kier alpha value is -1.75. The van der Waals surface area contributed by atoms with Crippen molar-refractivity contribution in [2.24, 2.45) is 4.99 Å². The van der Waals surface area contributed by atoms with Gasteiger partial charge in [0.25, 0.3) is 0 Å². The van der Waals surface area contributed by atoms with Gasteiger partial charge in [0, 0.05) is 47.0 Å². The van der Waals surface area contributed by atoms with Crippen LogP contribution in [-0.4, -0.2) is 47.4 Å². The first kappa shape index (κ1) is 15.3. The van der Waals surface area contributed by atoms with Crippen LogP contribution < -0.4 is 15.5 Å². The van der Waals surface area contributed by atoms with E-state index in [0.717, 1.165) is 19.0 Å². The minimum absolute atomic E-state index is 0.665. The summed E-state index contributed by atoms with van der Waals surface area (Å²) in [4.78, 5) is 6.24. The minimum Gasteiger partial charge on any atom is -0.383 e. The maximum atomic E-state index is 4.99. The first-order chi connectivity index (χ1) is 9.17. The number of guanidine groups is 1. The lowest BCUT2D eigenvalue weighted by atomic mass is 10.2. The molecule has 0 fully saturated rings. The van der Waals surface area contributed by atoms with E-state index in [1.54, 1.807) is 14.2 Å². The van der Waals surface area contributed by atoms with Crippen molar-refractivity contribution >= 4 is 11.6 Å². The highest BCUT2D eigenvalue weighted by Gasteiger charge is 1.99. The molecule has 2 N–H and O–H groups in total.